The number of carbonyl (C=O) groups excluding carboxylic acids is 1. The fraction of sp³-hybridized carbons (Fsp3) is 0.533. The van der Waals surface area contributed by atoms with E-state index in [2.05, 4.69) is 26.0 Å². The third-order valence-corrected chi connectivity index (χ3v) is 6.27. The minimum Gasteiger partial charge on any atom is -0.354 e. The molecule has 0 saturated heterocycles. The number of amides is 1. The first-order valence-electron chi connectivity index (χ1n) is 7.47. The number of hydrogen-bond donors (Lipinski definition) is 2. The predicted molar refractivity (Wildman–Crippen MR) is 97.0 cm³/mol. The van der Waals surface area contributed by atoms with E-state index < -0.39 is 16.1 Å². The van der Waals surface area contributed by atoms with E-state index in [9.17, 15) is 13.2 Å². The fourth-order valence-electron chi connectivity index (χ4n) is 2.04. The van der Waals surface area contributed by atoms with Crippen molar-refractivity contribution in [1.82, 2.24) is 10.0 Å². The average molecular weight is 421 g/mol. The van der Waals surface area contributed by atoms with Gasteiger partial charge in [0.2, 0.25) is 15.9 Å². The van der Waals surface area contributed by atoms with Gasteiger partial charge in [0, 0.05) is 11.0 Å². The van der Waals surface area contributed by atoms with Gasteiger partial charge in [-0.15, -0.1) is 0 Å². The Kier molecular flexibility index (Phi) is 6.94. The fourth-order valence-corrected chi connectivity index (χ4v) is 4.00. The van der Waals surface area contributed by atoms with Gasteiger partial charge < -0.3 is 5.32 Å². The molecule has 128 valence electrons. The summed E-state index contributed by atoms with van der Waals surface area (Å²) in [5, 5.41) is 2.85. The summed E-state index contributed by atoms with van der Waals surface area (Å²) in [6, 6.07) is 5.62. The standard InChI is InChI=1S/C15H21BrN2O3S2/c1-22-9-8-14(15(19)17-10-11-2-3-11)18-23(20,21)13-6-4-12(16)5-7-13/h4-7,11,14,18H,2-3,8-10H2,1H3,(H,17,19). The number of hydrogen-bond acceptors (Lipinski definition) is 4. The van der Waals surface area contributed by atoms with Crippen LogP contribution in [0.4, 0.5) is 0 Å². The zero-order valence-electron chi connectivity index (χ0n) is 12.9. The van der Waals surface area contributed by atoms with E-state index in [4.69, 9.17) is 0 Å². The van der Waals surface area contributed by atoms with Gasteiger partial charge in [0.25, 0.3) is 0 Å². The highest BCUT2D eigenvalue weighted by Gasteiger charge is 2.27. The summed E-state index contributed by atoms with van der Waals surface area (Å²) in [6.45, 7) is 0.634. The van der Waals surface area contributed by atoms with Gasteiger partial charge in [0.15, 0.2) is 0 Å². The molecular weight excluding hydrogens is 400 g/mol. The van der Waals surface area contributed by atoms with E-state index >= 15 is 0 Å². The van der Waals surface area contributed by atoms with Crippen molar-refractivity contribution in [3.8, 4) is 0 Å². The molecule has 1 aliphatic rings. The molecule has 1 aliphatic carbocycles. The van der Waals surface area contributed by atoms with Gasteiger partial charge in [-0.25, -0.2) is 8.42 Å². The largest absolute Gasteiger partial charge is 0.354 e. The Hall–Kier alpha value is -0.570. The van der Waals surface area contributed by atoms with Gasteiger partial charge >= 0.3 is 0 Å². The van der Waals surface area contributed by atoms with Crippen LogP contribution in [0.5, 0.6) is 0 Å². The Balaban J connectivity index is 2.04. The second-order valence-corrected chi connectivity index (χ2v) is 9.21. The Morgan fingerprint density at radius 2 is 2.00 bits per heavy atom. The molecule has 2 N–H and O–H groups in total. The van der Waals surface area contributed by atoms with Crippen molar-refractivity contribution in [3.05, 3.63) is 28.7 Å². The number of carbonyl (C=O) groups is 1. The molecule has 0 aromatic heterocycles. The monoisotopic (exact) mass is 420 g/mol. The summed E-state index contributed by atoms with van der Waals surface area (Å²) in [4.78, 5) is 12.4. The number of rotatable bonds is 9. The summed E-state index contributed by atoms with van der Waals surface area (Å²) >= 11 is 4.87. The van der Waals surface area contributed by atoms with Crippen molar-refractivity contribution in [3.63, 3.8) is 0 Å². The topological polar surface area (TPSA) is 75.3 Å². The van der Waals surface area contributed by atoms with Crippen molar-refractivity contribution in [2.24, 2.45) is 5.92 Å². The molecule has 1 aromatic carbocycles. The predicted octanol–water partition coefficient (Wildman–Crippen LogP) is 2.38. The number of sulfonamides is 1. The maximum Gasteiger partial charge on any atom is 0.241 e. The van der Waals surface area contributed by atoms with Gasteiger partial charge in [-0.2, -0.15) is 16.5 Å². The highest BCUT2D eigenvalue weighted by molar-refractivity contribution is 9.10. The van der Waals surface area contributed by atoms with Crippen LogP contribution in [0.15, 0.2) is 33.6 Å². The summed E-state index contributed by atoms with van der Waals surface area (Å²) in [6.07, 6.45) is 4.68. The number of nitrogens with one attached hydrogen (secondary N) is 2. The normalized spacial score (nSPS) is 16.1. The molecular formula is C15H21BrN2O3S2. The molecule has 1 amide bonds. The summed E-state index contributed by atoms with van der Waals surface area (Å²) in [5.74, 6) is 1.03. The molecule has 1 unspecified atom stereocenters. The summed E-state index contributed by atoms with van der Waals surface area (Å²) in [7, 11) is -3.72. The zero-order valence-corrected chi connectivity index (χ0v) is 16.1. The highest BCUT2D eigenvalue weighted by atomic mass is 79.9. The molecule has 1 aromatic rings. The molecule has 0 radical (unpaired) electrons. The van der Waals surface area contributed by atoms with Crippen LogP contribution in [0.3, 0.4) is 0 Å². The summed E-state index contributed by atoms with van der Waals surface area (Å²) < 4.78 is 28.3. The van der Waals surface area contributed by atoms with Crippen molar-refractivity contribution in [1.29, 1.82) is 0 Å². The molecule has 1 atom stereocenters. The highest BCUT2D eigenvalue weighted by Crippen LogP contribution is 2.27. The molecule has 0 aliphatic heterocycles. The third-order valence-electron chi connectivity index (χ3n) is 3.61. The van der Waals surface area contributed by atoms with Crippen molar-refractivity contribution < 1.29 is 13.2 Å². The molecule has 1 fully saturated rings. The molecule has 0 heterocycles. The third kappa shape index (κ3) is 6.10. The quantitative estimate of drug-likeness (QED) is 0.642. The van der Waals surface area contributed by atoms with Crippen LogP contribution < -0.4 is 10.0 Å². The van der Waals surface area contributed by atoms with Crippen LogP contribution in [-0.2, 0) is 14.8 Å². The van der Waals surface area contributed by atoms with E-state index in [0.29, 0.717) is 24.6 Å². The van der Waals surface area contributed by atoms with Crippen LogP contribution in [0.25, 0.3) is 0 Å². The SMILES string of the molecule is CSCCC(NS(=O)(=O)c1ccc(Br)cc1)C(=O)NCC1CC1. The van der Waals surface area contributed by atoms with Crippen molar-refractivity contribution in [2.45, 2.75) is 30.2 Å². The number of halogens is 1. The molecule has 0 spiro atoms. The molecule has 0 bridgehead atoms. The van der Waals surface area contributed by atoms with E-state index in [0.717, 1.165) is 17.3 Å². The smallest absolute Gasteiger partial charge is 0.241 e. The number of thioether (sulfide) groups is 1. The van der Waals surface area contributed by atoms with Crippen LogP contribution in [-0.4, -0.2) is 38.9 Å². The minimum atomic E-state index is -3.72. The second-order valence-electron chi connectivity index (χ2n) is 5.60. The average Bonchev–Trinajstić information content (AvgIpc) is 3.33. The van der Waals surface area contributed by atoms with E-state index in [-0.39, 0.29) is 10.8 Å². The van der Waals surface area contributed by atoms with Gasteiger partial charge in [-0.3, -0.25) is 4.79 Å². The van der Waals surface area contributed by atoms with Crippen LogP contribution in [0.2, 0.25) is 0 Å². The Morgan fingerprint density at radius 1 is 1.35 bits per heavy atom. The first kappa shape index (κ1) is 18.8. The first-order chi connectivity index (χ1) is 10.9. The van der Waals surface area contributed by atoms with Crippen LogP contribution in [0, 0.1) is 5.92 Å². The second kappa shape index (κ2) is 8.50. The molecule has 1 saturated carbocycles. The minimum absolute atomic E-state index is 0.157. The van der Waals surface area contributed by atoms with E-state index in [1.807, 2.05) is 6.26 Å². The Bertz CT molecular complexity index is 631. The maximum atomic E-state index is 12.5. The lowest BCUT2D eigenvalue weighted by atomic mass is 10.2. The van der Waals surface area contributed by atoms with Gasteiger partial charge in [0.05, 0.1) is 4.90 Å². The van der Waals surface area contributed by atoms with E-state index in [1.165, 1.54) is 12.1 Å². The lowest BCUT2D eigenvalue weighted by molar-refractivity contribution is -0.122. The summed E-state index contributed by atoms with van der Waals surface area (Å²) in [5.41, 5.74) is 0. The van der Waals surface area contributed by atoms with Gasteiger partial charge in [-0.05, 0) is 61.5 Å². The first-order valence-corrected chi connectivity index (χ1v) is 11.1. The van der Waals surface area contributed by atoms with Crippen molar-refractivity contribution >= 4 is 43.6 Å². The van der Waals surface area contributed by atoms with Crippen LogP contribution in [0.1, 0.15) is 19.3 Å². The van der Waals surface area contributed by atoms with Crippen molar-refractivity contribution in [2.75, 3.05) is 18.6 Å². The molecule has 23 heavy (non-hydrogen) atoms. The molecule has 2 rings (SSSR count). The Labute approximate surface area is 150 Å². The van der Waals surface area contributed by atoms with Gasteiger partial charge in [0.1, 0.15) is 6.04 Å². The van der Waals surface area contributed by atoms with Gasteiger partial charge in [-0.1, -0.05) is 15.9 Å². The van der Waals surface area contributed by atoms with Crippen LogP contribution >= 0.6 is 27.7 Å². The lowest BCUT2D eigenvalue weighted by Crippen LogP contribution is -2.47. The zero-order chi connectivity index (χ0) is 16.9. The molecule has 8 heteroatoms. The number of benzene rings is 1. The molecule has 5 nitrogen and oxygen atoms in total. The lowest BCUT2D eigenvalue weighted by Gasteiger charge is -2.18. The maximum absolute atomic E-state index is 12.5. The van der Waals surface area contributed by atoms with E-state index in [1.54, 1.807) is 23.9 Å². The Morgan fingerprint density at radius 3 is 2.57 bits per heavy atom.